The van der Waals surface area contributed by atoms with Crippen molar-refractivity contribution in [1.82, 2.24) is 9.97 Å². The zero-order chi connectivity index (χ0) is 25.9. The molecule has 11 heteroatoms. The highest BCUT2D eigenvalue weighted by molar-refractivity contribution is 7.08. The second-order valence-electron chi connectivity index (χ2n) is 7.87. The van der Waals surface area contributed by atoms with Crippen molar-refractivity contribution in [3.05, 3.63) is 88.6 Å². The van der Waals surface area contributed by atoms with Crippen molar-refractivity contribution in [2.45, 2.75) is 24.7 Å². The van der Waals surface area contributed by atoms with Gasteiger partial charge in [0.2, 0.25) is 12.0 Å². The number of nitrogens with zero attached hydrogens (tertiary/aromatic N) is 2. The second kappa shape index (κ2) is 10.4. The molecule has 0 aliphatic heterocycles. The maximum absolute atomic E-state index is 14.1. The molecule has 2 aromatic heterocycles. The van der Waals surface area contributed by atoms with Gasteiger partial charge in [-0.05, 0) is 52.1 Å². The standard InChI is InChI=1S/C25H19F4N3O3S/c26-17-5-6-18(19(10-17)16-7-8-36-12-16)23(25(27,28)29)35-22-11-21(31-13-32-22)15-3-1-14(2-4-15)9-20(30)24(33)34/h1-8,10-13,20,23H,9,30H2,(H,33,34)/t20-,23?/m0/s1. The second-order valence-corrected chi connectivity index (χ2v) is 8.65. The van der Waals surface area contributed by atoms with Crippen LogP contribution >= 0.6 is 11.3 Å². The van der Waals surface area contributed by atoms with Crippen LogP contribution in [0.15, 0.2) is 71.7 Å². The third-order valence-corrected chi connectivity index (χ3v) is 6.01. The molecule has 186 valence electrons. The summed E-state index contributed by atoms with van der Waals surface area (Å²) < 4.78 is 61.7. The fourth-order valence-electron chi connectivity index (χ4n) is 3.57. The first-order valence-corrected chi connectivity index (χ1v) is 11.5. The maximum Gasteiger partial charge on any atom is 0.429 e. The van der Waals surface area contributed by atoms with Crippen molar-refractivity contribution >= 4 is 17.3 Å². The molecule has 2 aromatic carbocycles. The molecule has 0 saturated heterocycles. The maximum atomic E-state index is 14.1. The summed E-state index contributed by atoms with van der Waals surface area (Å²) in [6.07, 6.45) is -6.03. The molecule has 0 aliphatic carbocycles. The van der Waals surface area contributed by atoms with Crippen LogP contribution in [0.2, 0.25) is 0 Å². The van der Waals surface area contributed by atoms with Crippen LogP contribution in [-0.2, 0) is 11.2 Å². The summed E-state index contributed by atoms with van der Waals surface area (Å²) in [7, 11) is 0. The zero-order valence-electron chi connectivity index (χ0n) is 18.4. The molecule has 0 aliphatic rings. The van der Waals surface area contributed by atoms with E-state index in [-0.39, 0.29) is 23.4 Å². The van der Waals surface area contributed by atoms with Crippen molar-refractivity contribution in [3.8, 4) is 28.3 Å². The smallest absolute Gasteiger partial charge is 0.429 e. The molecular formula is C25H19F4N3O3S. The molecule has 0 amide bonds. The fourth-order valence-corrected chi connectivity index (χ4v) is 4.22. The number of thiophene rings is 1. The Labute approximate surface area is 207 Å². The predicted octanol–water partition coefficient (Wildman–Crippen LogP) is 5.65. The molecule has 1 unspecified atom stereocenters. The molecule has 0 bridgehead atoms. The van der Waals surface area contributed by atoms with Gasteiger partial charge in [0.05, 0.1) is 5.69 Å². The predicted molar refractivity (Wildman–Crippen MR) is 126 cm³/mol. The van der Waals surface area contributed by atoms with Gasteiger partial charge < -0.3 is 15.6 Å². The van der Waals surface area contributed by atoms with Crippen LogP contribution in [0.4, 0.5) is 17.6 Å². The first kappa shape index (κ1) is 25.3. The monoisotopic (exact) mass is 517 g/mol. The van der Waals surface area contributed by atoms with Gasteiger partial charge in [0, 0.05) is 17.2 Å². The molecule has 2 atom stereocenters. The highest BCUT2D eigenvalue weighted by atomic mass is 32.1. The molecule has 36 heavy (non-hydrogen) atoms. The number of aliphatic carboxylic acids is 1. The SMILES string of the molecule is N[C@@H](Cc1ccc(-c2cc(OC(c3ccc(F)cc3-c3ccsc3)C(F)(F)F)ncn2)cc1)C(=O)O. The van der Waals surface area contributed by atoms with Crippen molar-refractivity contribution in [1.29, 1.82) is 0 Å². The minimum atomic E-state index is -4.82. The average Bonchev–Trinajstić information content (AvgIpc) is 3.38. The number of carbonyl (C=O) groups is 1. The Balaban J connectivity index is 1.63. The molecule has 3 N–H and O–H groups in total. The van der Waals surface area contributed by atoms with Crippen molar-refractivity contribution < 1.29 is 32.2 Å². The van der Waals surface area contributed by atoms with Gasteiger partial charge in [0.1, 0.15) is 18.2 Å². The molecule has 6 nitrogen and oxygen atoms in total. The van der Waals surface area contributed by atoms with Gasteiger partial charge in [0.15, 0.2) is 0 Å². The Bertz CT molecular complexity index is 1350. The van der Waals surface area contributed by atoms with Crippen LogP contribution in [0.25, 0.3) is 22.4 Å². The highest BCUT2D eigenvalue weighted by Gasteiger charge is 2.44. The van der Waals surface area contributed by atoms with E-state index in [1.165, 1.54) is 17.4 Å². The van der Waals surface area contributed by atoms with E-state index in [0.717, 1.165) is 24.5 Å². The lowest BCUT2D eigenvalue weighted by molar-refractivity contribution is -0.198. The first-order valence-electron chi connectivity index (χ1n) is 10.6. The third kappa shape index (κ3) is 5.86. The van der Waals surface area contributed by atoms with Gasteiger partial charge in [-0.15, -0.1) is 0 Å². The number of halogens is 4. The third-order valence-electron chi connectivity index (χ3n) is 5.33. The number of carboxylic acids is 1. The Morgan fingerprint density at radius 1 is 1.06 bits per heavy atom. The van der Waals surface area contributed by atoms with E-state index < -0.39 is 30.1 Å². The van der Waals surface area contributed by atoms with Crippen LogP contribution in [0.3, 0.4) is 0 Å². The summed E-state index contributed by atoms with van der Waals surface area (Å²) in [5.41, 5.74) is 7.34. The molecule has 4 rings (SSSR count). The first-order chi connectivity index (χ1) is 17.1. The van der Waals surface area contributed by atoms with E-state index in [1.54, 1.807) is 41.1 Å². The molecule has 0 radical (unpaired) electrons. The number of hydrogen-bond donors (Lipinski definition) is 2. The number of ether oxygens (including phenoxy) is 1. The number of alkyl halides is 3. The normalized spacial score (nSPS) is 13.2. The molecule has 2 heterocycles. The largest absolute Gasteiger partial charge is 0.480 e. The van der Waals surface area contributed by atoms with Crippen LogP contribution in [0, 0.1) is 5.82 Å². The minimum Gasteiger partial charge on any atom is -0.480 e. The Morgan fingerprint density at radius 2 is 1.81 bits per heavy atom. The van der Waals surface area contributed by atoms with Gasteiger partial charge in [-0.1, -0.05) is 30.3 Å². The number of hydrogen-bond acceptors (Lipinski definition) is 6. The molecular weight excluding hydrogens is 498 g/mol. The van der Waals surface area contributed by atoms with E-state index in [4.69, 9.17) is 15.6 Å². The van der Waals surface area contributed by atoms with Gasteiger partial charge in [-0.25, -0.2) is 14.4 Å². The van der Waals surface area contributed by atoms with Crippen molar-refractivity contribution in [3.63, 3.8) is 0 Å². The summed E-state index contributed by atoms with van der Waals surface area (Å²) in [5.74, 6) is -2.11. The van der Waals surface area contributed by atoms with Gasteiger partial charge in [-0.2, -0.15) is 24.5 Å². The van der Waals surface area contributed by atoms with E-state index in [9.17, 15) is 22.4 Å². The molecule has 0 saturated carbocycles. The molecule has 0 fully saturated rings. The van der Waals surface area contributed by atoms with Crippen LogP contribution < -0.4 is 10.5 Å². The van der Waals surface area contributed by atoms with Crippen LogP contribution in [0.5, 0.6) is 5.88 Å². The van der Waals surface area contributed by atoms with Crippen molar-refractivity contribution in [2.75, 3.05) is 0 Å². The zero-order valence-corrected chi connectivity index (χ0v) is 19.3. The van der Waals surface area contributed by atoms with Crippen LogP contribution in [-0.4, -0.2) is 33.3 Å². The van der Waals surface area contributed by atoms with E-state index in [1.807, 2.05) is 0 Å². The Morgan fingerprint density at radius 3 is 2.44 bits per heavy atom. The van der Waals surface area contributed by atoms with E-state index >= 15 is 0 Å². The number of nitrogens with two attached hydrogens (primary N) is 1. The number of aromatic nitrogens is 2. The van der Waals surface area contributed by atoms with E-state index in [2.05, 4.69) is 9.97 Å². The molecule has 4 aromatic rings. The lowest BCUT2D eigenvalue weighted by Gasteiger charge is -2.24. The van der Waals surface area contributed by atoms with Gasteiger partial charge in [-0.3, -0.25) is 4.79 Å². The summed E-state index contributed by atoms with van der Waals surface area (Å²) in [6.45, 7) is 0. The number of benzene rings is 2. The molecule has 0 spiro atoms. The topological polar surface area (TPSA) is 98.3 Å². The lowest BCUT2D eigenvalue weighted by Crippen LogP contribution is -2.32. The quantitative estimate of drug-likeness (QED) is 0.293. The Hall–Kier alpha value is -3.83. The van der Waals surface area contributed by atoms with Gasteiger partial charge in [0.25, 0.3) is 0 Å². The number of rotatable bonds is 8. The summed E-state index contributed by atoms with van der Waals surface area (Å²) in [4.78, 5) is 18.9. The van der Waals surface area contributed by atoms with E-state index in [0.29, 0.717) is 22.4 Å². The average molecular weight is 518 g/mol. The fraction of sp³-hybridized carbons (Fsp3) is 0.160. The van der Waals surface area contributed by atoms with Crippen LogP contribution in [0.1, 0.15) is 17.2 Å². The minimum absolute atomic E-state index is 0.0722. The number of carboxylic acid groups (broad SMARTS) is 1. The lowest BCUT2D eigenvalue weighted by atomic mass is 9.97. The Kier molecular flexibility index (Phi) is 7.32. The highest BCUT2D eigenvalue weighted by Crippen LogP contribution is 2.41. The summed E-state index contributed by atoms with van der Waals surface area (Å²) in [6, 6.07) is 11.5. The summed E-state index contributed by atoms with van der Waals surface area (Å²) >= 11 is 1.28. The van der Waals surface area contributed by atoms with Gasteiger partial charge >= 0.3 is 12.1 Å². The van der Waals surface area contributed by atoms with Crippen molar-refractivity contribution in [2.24, 2.45) is 5.73 Å². The summed E-state index contributed by atoms with van der Waals surface area (Å²) in [5, 5.41) is 12.3.